The van der Waals surface area contributed by atoms with E-state index >= 15 is 0 Å². The van der Waals surface area contributed by atoms with E-state index in [-0.39, 0.29) is 17.6 Å². The van der Waals surface area contributed by atoms with E-state index in [1.165, 1.54) is 0 Å². The van der Waals surface area contributed by atoms with Gasteiger partial charge in [-0.3, -0.25) is 9.52 Å². The van der Waals surface area contributed by atoms with Crippen LogP contribution in [0.2, 0.25) is 0 Å². The van der Waals surface area contributed by atoms with Gasteiger partial charge in [0, 0.05) is 17.5 Å². The molecule has 1 aliphatic rings. The number of nitrogens with one attached hydrogen (secondary N) is 2. The van der Waals surface area contributed by atoms with Crippen molar-refractivity contribution in [2.75, 3.05) is 11.0 Å². The van der Waals surface area contributed by atoms with Crippen molar-refractivity contribution in [3.63, 3.8) is 0 Å². The molecule has 7 heteroatoms. The van der Waals surface area contributed by atoms with E-state index in [4.69, 9.17) is 4.74 Å². The molecule has 0 aliphatic carbocycles. The maximum absolute atomic E-state index is 12.9. The van der Waals surface area contributed by atoms with E-state index in [2.05, 4.69) is 10.0 Å². The molecule has 0 saturated carbocycles. The SMILES string of the molecule is Cc1ccc2c(c1)[C@@H](NC(=O)c1ccc(NS(C)(=O)=O)c(C)c1)CC(C)(C)O2. The van der Waals surface area contributed by atoms with Crippen molar-refractivity contribution < 1.29 is 17.9 Å². The molecule has 0 spiro atoms. The summed E-state index contributed by atoms with van der Waals surface area (Å²) in [6, 6.07) is 10.7. The third-order valence-electron chi connectivity index (χ3n) is 4.71. The lowest BCUT2D eigenvalue weighted by Crippen LogP contribution is -2.41. The van der Waals surface area contributed by atoms with Crippen LogP contribution >= 0.6 is 0 Å². The van der Waals surface area contributed by atoms with Gasteiger partial charge in [-0.15, -0.1) is 0 Å². The number of sulfonamides is 1. The predicted octanol–water partition coefficient (Wildman–Crippen LogP) is 3.71. The number of fused-ring (bicyclic) bond motifs is 1. The first-order chi connectivity index (χ1) is 12.9. The van der Waals surface area contributed by atoms with Crippen LogP contribution in [-0.4, -0.2) is 26.2 Å². The van der Waals surface area contributed by atoms with Gasteiger partial charge in [0.1, 0.15) is 11.4 Å². The maximum atomic E-state index is 12.9. The van der Waals surface area contributed by atoms with Crippen LogP contribution in [0.4, 0.5) is 5.69 Å². The van der Waals surface area contributed by atoms with Gasteiger partial charge in [-0.25, -0.2) is 8.42 Å². The fraction of sp³-hybridized carbons (Fsp3) is 0.381. The number of hydrogen-bond acceptors (Lipinski definition) is 4. The van der Waals surface area contributed by atoms with Crippen LogP contribution in [0.3, 0.4) is 0 Å². The molecule has 3 rings (SSSR count). The summed E-state index contributed by atoms with van der Waals surface area (Å²) in [5.74, 6) is 0.584. The van der Waals surface area contributed by atoms with Crippen molar-refractivity contribution in [1.29, 1.82) is 0 Å². The third kappa shape index (κ3) is 4.65. The quantitative estimate of drug-likeness (QED) is 0.817. The number of hydrogen-bond donors (Lipinski definition) is 2. The molecular weight excluding hydrogens is 376 g/mol. The van der Waals surface area contributed by atoms with Gasteiger partial charge in [-0.2, -0.15) is 0 Å². The molecule has 0 fully saturated rings. The summed E-state index contributed by atoms with van der Waals surface area (Å²) >= 11 is 0. The zero-order valence-corrected chi connectivity index (χ0v) is 17.6. The van der Waals surface area contributed by atoms with Crippen molar-refractivity contribution >= 4 is 21.6 Å². The van der Waals surface area contributed by atoms with E-state index in [0.29, 0.717) is 23.2 Å². The van der Waals surface area contributed by atoms with Gasteiger partial charge in [0.2, 0.25) is 10.0 Å². The largest absolute Gasteiger partial charge is 0.487 e. The Morgan fingerprint density at radius 3 is 2.50 bits per heavy atom. The molecule has 1 atom stereocenters. The molecule has 0 radical (unpaired) electrons. The van der Waals surface area contributed by atoms with Gasteiger partial charge in [0.15, 0.2) is 0 Å². The first-order valence-corrected chi connectivity index (χ1v) is 11.0. The molecule has 150 valence electrons. The first kappa shape index (κ1) is 20.2. The summed E-state index contributed by atoms with van der Waals surface area (Å²) in [6.45, 7) is 7.78. The number of amides is 1. The highest BCUT2D eigenvalue weighted by molar-refractivity contribution is 7.92. The fourth-order valence-electron chi connectivity index (χ4n) is 3.46. The Hall–Kier alpha value is -2.54. The van der Waals surface area contributed by atoms with E-state index in [0.717, 1.165) is 23.1 Å². The lowest BCUT2D eigenvalue weighted by molar-refractivity contribution is 0.0619. The molecule has 0 bridgehead atoms. The number of anilines is 1. The van der Waals surface area contributed by atoms with Crippen LogP contribution in [0.1, 0.15) is 53.4 Å². The van der Waals surface area contributed by atoms with E-state index < -0.39 is 10.0 Å². The van der Waals surface area contributed by atoms with Crippen LogP contribution < -0.4 is 14.8 Å². The van der Waals surface area contributed by atoms with Crippen molar-refractivity contribution in [2.45, 2.75) is 45.8 Å². The number of aryl methyl sites for hydroxylation is 2. The standard InChI is InChI=1S/C21H26N2O4S/c1-13-6-9-19-16(10-13)18(12-21(3,4)27-19)22-20(24)15-7-8-17(14(2)11-15)23-28(5,25)26/h6-11,18,23H,12H2,1-5H3,(H,22,24)/t18-/m0/s1. The van der Waals surface area contributed by atoms with E-state index in [9.17, 15) is 13.2 Å². The lowest BCUT2D eigenvalue weighted by atomic mass is 9.88. The van der Waals surface area contributed by atoms with E-state index in [1.54, 1.807) is 25.1 Å². The molecule has 0 saturated heterocycles. The van der Waals surface area contributed by atoms with Crippen LogP contribution in [-0.2, 0) is 10.0 Å². The summed E-state index contributed by atoms with van der Waals surface area (Å²) in [6.07, 6.45) is 1.75. The second kappa shape index (κ2) is 7.13. The molecule has 2 aromatic rings. The number of benzene rings is 2. The molecule has 1 aliphatic heterocycles. The van der Waals surface area contributed by atoms with Crippen molar-refractivity contribution in [1.82, 2.24) is 5.32 Å². The van der Waals surface area contributed by atoms with Gasteiger partial charge < -0.3 is 10.1 Å². The Bertz CT molecular complexity index is 1030. The molecule has 28 heavy (non-hydrogen) atoms. The highest BCUT2D eigenvalue weighted by atomic mass is 32.2. The Morgan fingerprint density at radius 2 is 1.86 bits per heavy atom. The third-order valence-corrected chi connectivity index (χ3v) is 5.30. The number of rotatable bonds is 4. The van der Waals surface area contributed by atoms with Crippen molar-refractivity contribution in [2.24, 2.45) is 0 Å². The molecule has 1 amide bonds. The fourth-order valence-corrected chi connectivity index (χ4v) is 4.09. The summed E-state index contributed by atoms with van der Waals surface area (Å²) in [5, 5.41) is 3.11. The monoisotopic (exact) mass is 402 g/mol. The Labute approximate surface area is 166 Å². The maximum Gasteiger partial charge on any atom is 0.251 e. The predicted molar refractivity (Wildman–Crippen MR) is 110 cm³/mol. The minimum Gasteiger partial charge on any atom is -0.487 e. The zero-order valence-electron chi connectivity index (χ0n) is 16.8. The number of ether oxygens (including phenoxy) is 1. The van der Waals surface area contributed by atoms with Crippen LogP contribution in [0.15, 0.2) is 36.4 Å². The average molecular weight is 403 g/mol. The number of carbonyl (C=O) groups is 1. The zero-order chi connectivity index (χ0) is 20.7. The Morgan fingerprint density at radius 1 is 1.14 bits per heavy atom. The van der Waals surface area contributed by atoms with Crippen molar-refractivity contribution in [3.8, 4) is 5.75 Å². The smallest absolute Gasteiger partial charge is 0.251 e. The summed E-state index contributed by atoms with van der Waals surface area (Å²) in [4.78, 5) is 12.9. The Kier molecular flexibility index (Phi) is 5.14. The second-order valence-corrected chi connectivity index (χ2v) is 9.79. The average Bonchev–Trinajstić information content (AvgIpc) is 2.55. The molecule has 6 nitrogen and oxygen atoms in total. The van der Waals surface area contributed by atoms with Gasteiger partial charge >= 0.3 is 0 Å². The van der Waals surface area contributed by atoms with E-state index in [1.807, 2.05) is 39.0 Å². The molecule has 2 aromatic carbocycles. The summed E-state index contributed by atoms with van der Waals surface area (Å²) in [5.41, 5.74) is 3.32. The van der Waals surface area contributed by atoms with Gasteiger partial charge in [-0.05, 0) is 57.5 Å². The van der Waals surface area contributed by atoms with Crippen molar-refractivity contribution in [3.05, 3.63) is 58.7 Å². The van der Waals surface area contributed by atoms with Gasteiger partial charge in [-0.1, -0.05) is 17.7 Å². The molecule has 0 unspecified atom stereocenters. The molecular formula is C21H26N2O4S. The minimum absolute atomic E-state index is 0.166. The highest BCUT2D eigenvalue weighted by Crippen LogP contribution is 2.40. The summed E-state index contributed by atoms with van der Waals surface area (Å²) < 4.78 is 31.4. The van der Waals surface area contributed by atoms with Gasteiger partial charge in [0.05, 0.1) is 18.0 Å². The molecule has 2 N–H and O–H groups in total. The minimum atomic E-state index is -3.37. The lowest BCUT2D eigenvalue weighted by Gasteiger charge is -2.38. The van der Waals surface area contributed by atoms with Crippen LogP contribution in [0.5, 0.6) is 5.75 Å². The van der Waals surface area contributed by atoms with Crippen LogP contribution in [0.25, 0.3) is 0 Å². The summed E-state index contributed by atoms with van der Waals surface area (Å²) in [7, 11) is -3.37. The Balaban J connectivity index is 1.85. The highest BCUT2D eigenvalue weighted by Gasteiger charge is 2.34. The van der Waals surface area contributed by atoms with Crippen LogP contribution in [0, 0.1) is 13.8 Å². The molecule has 1 heterocycles. The topological polar surface area (TPSA) is 84.5 Å². The first-order valence-electron chi connectivity index (χ1n) is 9.12. The normalized spacial score (nSPS) is 18.0. The second-order valence-electron chi connectivity index (χ2n) is 8.04. The molecule has 0 aromatic heterocycles. The number of carbonyl (C=O) groups excluding carboxylic acids is 1. The van der Waals surface area contributed by atoms with Gasteiger partial charge in [0.25, 0.3) is 5.91 Å².